The Balaban J connectivity index is 2.04. The number of carbonyl (C=O) groups excluding carboxylic acids is 2. The monoisotopic (exact) mass is 356 g/mol. The van der Waals surface area contributed by atoms with Crippen molar-refractivity contribution in [2.24, 2.45) is 0 Å². The molecule has 0 radical (unpaired) electrons. The Morgan fingerprint density at radius 1 is 1.19 bits per heavy atom. The summed E-state index contributed by atoms with van der Waals surface area (Å²) in [7, 11) is 0. The molecule has 5 nitrogen and oxygen atoms in total. The molecule has 0 saturated carbocycles. The lowest BCUT2D eigenvalue weighted by Gasteiger charge is -2.14. The van der Waals surface area contributed by atoms with Crippen molar-refractivity contribution in [2.75, 3.05) is 11.9 Å². The highest BCUT2D eigenvalue weighted by molar-refractivity contribution is 5.97. The Hall–Kier alpha value is -2.56. The Morgan fingerprint density at radius 3 is 2.46 bits per heavy atom. The van der Waals surface area contributed by atoms with Gasteiger partial charge in [-0.05, 0) is 58.2 Å². The third kappa shape index (κ3) is 4.15. The van der Waals surface area contributed by atoms with E-state index in [2.05, 4.69) is 23.7 Å². The van der Waals surface area contributed by atoms with Gasteiger partial charge in [0.25, 0.3) is 5.91 Å². The Morgan fingerprint density at radius 2 is 1.88 bits per heavy atom. The second-order valence-electron chi connectivity index (χ2n) is 6.84. The average Bonchev–Trinajstić information content (AvgIpc) is 2.89. The van der Waals surface area contributed by atoms with Crippen LogP contribution in [0.5, 0.6) is 0 Å². The van der Waals surface area contributed by atoms with Gasteiger partial charge in [0.2, 0.25) is 0 Å². The lowest BCUT2D eigenvalue weighted by molar-refractivity contribution is -0.119. The Labute approximate surface area is 155 Å². The highest BCUT2D eigenvalue weighted by atomic mass is 16.5. The van der Waals surface area contributed by atoms with E-state index in [9.17, 15) is 9.59 Å². The summed E-state index contributed by atoms with van der Waals surface area (Å²) in [6, 6.07) is 7.96. The second-order valence-corrected chi connectivity index (χ2v) is 6.84. The maximum atomic E-state index is 12.4. The lowest BCUT2D eigenvalue weighted by Crippen LogP contribution is -2.22. The number of para-hydroxylation sites is 1. The SMILES string of the molecule is CCc1cccc(C)c1NC(=O)COC(=O)c1cc(C)n(C(C)C)c1C. The van der Waals surface area contributed by atoms with Gasteiger partial charge in [-0.25, -0.2) is 4.79 Å². The van der Waals surface area contributed by atoms with Crippen molar-refractivity contribution in [1.29, 1.82) is 0 Å². The number of hydrogen-bond acceptors (Lipinski definition) is 3. The van der Waals surface area contributed by atoms with Crippen molar-refractivity contribution < 1.29 is 14.3 Å². The van der Waals surface area contributed by atoms with Crippen molar-refractivity contribution in [3.8, 4) is 0 Å². The summed E-state index contributed by atoms with van der Waals surface area (Å²) >= 11 is 0. The number of ether oxygens (including phenoxy) is 1. The molecule has 26 heavy (non-hydrogen) atoms. The number of nitrogens with one attached hydrogen (secondary N) is 1. The standard InChI is InChI=1S/C21H28N2O3/c1-7-17-10-8-9-14(4)20(17)22-19(24)12-26-21(25)18-11-15(5)23(13(2)3)16(18)6/h8-11,13H,7,12H2,1-6H3,(H,22,24). The molecule has 0 unspecified atom stereocenters. The smallest absolute Gasteiger partial charge is 0.340 e. The minimum absolute atomic E-state index is 0.258. The number of nitrogens with zero attached hydrogens (tertiary/aromatic N) is 1. The van der Waals surface area contributed by atoms with E-state index in [1.54, 1.807) is 0 Å². The summed E-state index contributed by atoms with van der Waals surface area (Å²) < 4.78 is 7.32. The zero-order valence-electron chi connectivity index (χ0n) is 16.5. The number of rotatable bonds is 6. The summed E-state index contributed by atoms with van der Waals surface area (Å²) in [5, 5.41) is 2.86. The predicted octanol–water partition coefficient (Wildman–Crippen LogP) is 4.35. The molecule has 1 aromatic carbocycles. The molecule has 0 atom stereocenters. The van der Waals surface area contributed by atoms with Crippen LogP contribution < -0.4 is 5.32 Å². The Bertz CT molecular complexity index is 819. The minimum atomic E-state index is -0.472. The fourth-order valence-electron chi connectivity index (χ4n) is 3.36. The number of carbonyl (C=O) groups is 2. The topological polar surface area (TPSA) is 60.3 Å². The molecule has 1 amide bonds. The fourth-order valence-corrected chi connectivity index (χ4v) is 3.36. The molecule has 0 saturated heterocycles. The van der Waals surface area contributed by atoms with Crippen molar-refractivity contribution in [3.63, 3.8) is 0 Å². The highest BCUT2D eigenvalue weighted by Crippen LogP contribution is 2.22. The van der Waals surface area contributed by atoms with Gasteiger partial charge in [0.1, 0.15) is 0 Å². The van der Waals surface area contributed by atoms with Crippen LogP contribution >= 0.6 is 0 Å². The van der Waals surface area contributed by atoms with E-state index in [0.29, 0.717) is 5.56 Å². The molecule has 1 N–H and O–H groups in total. The average molecular weight is 356 g/mol. The maximum absolute atomic E-state index is 12.4. The first-order chi connectivity index (χ1) is 12.3. The quantitative estimate of drug-likeness (QED) is 0.783. The third-order valence-corrected chi connectivity index (χ3v) is 4.56. The van der Waals surface area contributed by atoms with Gasteiger partial charge in [-0.1, -0.05) is 25.1 Å². The molecule has 0 spiro atoms. The molecule has 5 heteroatoms. The van der Waals surface area contributed by atoms with E-state index in [4.69, 9.17) is 4.74 Å². The number of aryl methyl sites for hydroxylation is 3. The van der Waals surface area contributed by atoms with Crippen LogP contribution in [0, 0.1) is 20.8 Å². The number of anilines is 1. The fraction of sp³-hybridized carbons (Fsp3) is 0.429. The molecular formula is C21H28N2O3. The van der Waals surface area contributed by atoms with Crippen LogP contribution in [0.4, 0.5) is 5.69 Å². The molecule has 140 valence electrons. The van der Waals surface area contributed by atoms with E-state index in [0.717, 1.165) is 34.6 Å². The van der Waals surface area contributed by atoms with Gasteiger partial charge in [0.05, 0.1) is 5.56 Å². The zero-order chi connectivity index (χ0) is 19.4. The molecule has 2 rings (SSSR count). The Kier molecular flexibility index (Phi) is 6.24. The first kappa shape index (κ1) is 19.8. The first-order valence-corrected chi connectivity index (χ1v) is 9.00. The molecule has 0 aliphatic rings. The van der Waals surface area contributed by atoms with Crippen LogP contribution in [0.15, 0.2) is 24.3 Å². The maximum Gasteiger partial charge on any atom is 0.340 e. The van der Waals surface area contributed by atoms with Crippen molar-refractivity contribution in [1.82, 2.24) is 4.57 Å². The van der Waals surface area contributed by atoms with Gasteiger partial charge in [0.15, 0.2) is 6.61 Å². The van der Waals surface area contributed by atoms with E-state index in [1.807, 2.05) is 52.0 Å². The number of benzene rings is 1. The van der Waals surface area contributed by atoms with Gasteiger partial charge >= 0.3 is 5.97 Å². The van der Waals surface area contributed by atoms with Crippen molar-refractivity contribution >= 4 is 17.6 Å². The minimum Gasteiger partial charge on any atom is -0.452 e. The van der Waals surface area contributed by atoms with Gasteiger partial charge in [0, 0.05) is 23.1 Å². The third-order valence-electron chi connectivity index (χ3n) is 4.56. The lowest BCUT2D eigenvalue weighted by atomic mass is 10.1. The number of amides is 1. The highest BCUT2D eigenvalue weighted by Gasteiger charge is 2.19. The molecule has 0 aliphatic carbocycles. The van der Waals surface area contributed by atoms with E-state index < -0.39 is 5.97 Å². The largest absolute Gasteiger partial charge is 0.452 e. The summed E-state index contributed by atoms with van der Waals surface area (Å²) in [5.41, 5.74) is 5.22. The van der Waals surface area contributed by atoms with Crippen LogP contribution in [0.3, 0.4) is 0 Å². The number of hydrogen-bond donors (Lipinski definition) is 1. The molecule has 2 aromatic rings. The van der Waals surface area contributed by atoms with Gasteiger partial charge in [-0.15, -0.1) is 0 Å². The van der Waals surface area contributed by atoms with Crippen LogP contribution in [-0.2, 0) is 16.0 Å². The van der Waals surface area contributed by atoms with Gasteiger partial charge in [-0.2, -0.15) is 0 Å². The molecule has 0 fully saturated rings. The van der Waals surface area contributed by atoms with Gasteiger partial charge in [-0.3, -0.25) is 4.79 Å². The summed E-state index contributed by atoms with van der Waals surface area (Å²) in [5.74, 6) is -0.805. The normalized spacial score (nSPS) is 10.9. The molecule has 0 bridgehead atoms. The molecule has 0 aliphatic heterocycles. The van der Waals surface area contributed by atoms with Crippen LogP contribution in [-0.4, -0.2) is 23.1 Å². The van der Waals surface area contributed by atoms with Gasteiger partial charge < -0.3 is 14.6 Å². The molecule has 1 aromatic heterocycles. The number of esters is 1. The van der Waals surface area contributed by atoms with Crippen LogP contribution in [0.25, 0.3) is 0 Å². The second kappa shape index (κ2) is 8.21. The molecular weight excluding hydrogens is 328 g/mol. The van der Waals surface area contributed by atoms with Crippen molar-refractivity contribution in [3.05, 3.63) is 52.3 Å². The summed E-state index contributed by atoms with van der Waals surface area (Å²) in [6.07, 6.45) is 0.818. The summed E-state index contributed by atoms with van der Waals surface area (Å²) in [4.78, 5) is 24.6. The number of aromatic nitrogens is 1. The zero-order valence-corrected chi connectivity index (χ0v) is 16.5. The van der Waals surface area contributed by atoms with Crippen LogP contribution in [0.2, 0.25) is 0 Å². The van der Waals surface area contributed by atoms with Crippen LogP contribution in [0.1, 0.15) is 59.7 Å². The van der Waals surface area contributed by atoms with E-state index in [-0.39, 0.29) is 18.6 Å². The van der Waals surface area contributed by atoms with E-state index in [1.165, 1.54) is 0 Å². The predicted molar refractivity (Wildman–Crippen MR) is 104 cm³/mol. The van der Waals surface area contributed by atoms with E-state index >= 15 is 0 Å². The first-order valence-electron chi connectivity index (χ1n) is 9.00. The van der Waals surface area contributed by atoms with Crippen molar-refractivity contribution in [2.45, 2.75) is 54.0 Å². The molecule has 1 heterocycles. The summed E-state index contributed by atoms with van der Waals surface area (Å²) in [6.45, 7) is 11.7.